The van der Waals surface area contributed by atoms with Crippen LogP contribution in [-0.4, -0.2) is 29.9 Å². The maximum Gasteiger partial charge on any atom is 0.322 e. The van der Waals surface area contributed by atoms with Crippen molar-refractivity contribution >= 4 is 23.5 Å². The maximum absolute atomic E-state index is 13.2. The molecule has 0 fully saturated rings. The molecular weight excluding hydrogens is 320 g/mol. The van der Waals surface area contributed by atoms with Crippen LogP contribution in [0.4, 0.5) is 5.69 Å². The van der Waals surface area contributed by atoms with E-state index in [0.29, 0.717) is 24.1 Å². The lowest BCUT2D eigenvalue weighted by Gasteiger charge is -2.31. The molecule has 1 aliphatic heterocycles. The number of benzene rings is 1. The highest BCUT2D eigenvalue weighted by atomic mass is 16.7. The van der Waals surface area contributed by atoms with Gasteiger partial charge >= 0.3 is 5.97 Å². The summed E-state index contributed by atoms with van der Waals surface area (Å²) in [6.45, 7) is 7.17. The van der Waals surface area contributed by atoms with Crippen LogP contribution in [-0.2, 0) is 19.2 Å². The minimum Gasteiger partial charge on any atom is -0.367 e. The van der Waals surface area contributed by atoms with E-state index < -0.39 is 17.4 Å². The highest BCUT2D eigenvalue weighted by Crippen LogP contribution is 2.42. The lowest BCUT2D eigenvalue weighted by Crippen LogP contribution is -2.46. The molecule has 1 aliphatic rings. The Labute approximate surface area is 148 Å². The van der Waals surface area contributed by atoms with Gasteiger partial charge in [0.05, 0.1) is 5.69 Å². The molecule has 0 saturated heterocycles. The number of hydrogen-bond acceptors (Lipinski definition) is 5. The van der Waals surface area contributed by atoms with Crippen molar-refractivity contribution in [1.29, 1.82) is 0 Å². The van der Waals surface area contributed by atoms with Gasteiger partial charge in [-0.2, -0.15) is 0 Å². The Balaban J connectivity index is 2.46. The third-order valence-corrected chi connectivity index (χ3v) is 4.86. The van der Waals surface area contributed by atoms with Crippen molar-refractivity contribution in [2.45, 2.75) is 53.0 Å². The Kier molecular flexibility index (Phi) is 5.62. The molecule has 136 valence electrons. The van der Waals surface area contributed by atoms with Gasteiger partial charge in [0, 0.05) is 24.9 Å². The van der Waals surface area contributed by atoms with Crippen molar-refractivity contribution in [2.75, 3.05) is 11.9 Å². The molecule has 0 aliphatic carbocycles. The normalized spacial score (nSPS) is 18.9. The predicted molar refractivity (Wildman–Crippen MR) is 94.5 cm³/mol. The first-order valence-corrected chi connectivity index (χ1v) is 8.65. The fraction of sp³-hybridized carbons (Fsp3) is 0.526. The number of hydroxylamine groups is 2. The predicted octanol–water partition coefficient (Wildman–Crippen LogP) is 3.23. The lowest BCUT2D eigenvalue weighted by molar-refractivity contribution is -0.192. The van der Waals surface area contributed by atoms with E-state index in [1.165, 1.54) is 23.9 Å². The van der Waals surface area contributed by atoms with Crippen LogP contribution in [0.5, 0.6) is 0 Å². The van der Waals surface area contributed by atoms with Crippen LogP contribution in [0.2, 0.25) is 0 Å². The van der Waals surface area contributed by atoms with Gasteiger partial charge < -0.3 is 4.84 Å². The molecule has 6 nitrogen and oxygen atoms in total. The van der Waals surface area contributed by atoms with E-state index in [9.17, 15) is 14.4 Å². The van der Waals surface area contributed by atoms with Crippen LogP contribution < -0.4 is 4.90 Å². The van der Waals surface area contributed by atoms with Crippen LogP contribution in [0.3, 0.4) is 0 Å². The van der Waals surface area contributed by atoms with Gasteiger partial charge in [-0.15, -0.1) is 5.06 Å². The number of amides is 2. The van der Waals surface area contributed by atoms with Gasteiger partial charge in [-0.1, -0.05) is 45.4 Å². The molecule has 2 rings (SSSR count). The first-order chi connectivity index (χ1) is 11.8. The van der Waals surface area contributed by atoms with E-state index >= 15 is 0 Å². The van der Waals surface area contributed by atoms with Crippen LogP contribution >= 0.6 is 0 Å². The minimum absolute atomic E-state index is 0.201. The molecule has 6 heteroatoms. The van der Waals surface area contributed by atoms with Gasteiger partial charge in [0.2, 0.25) is 5.91 Å². The average Bonchev–Trinajstić information content (AvgIpc) is 2.85. The van der Waals surface area contributed by atoms with E-state index in [1.54, 1.807) is 24.3 Å². The van der Waals surface area contributed by atoms with Crippen molar-refractivity contribution in [1.82, 2.24) is 5.06 Å². The van der Waals surface area contributed by atoms with E-state index in [2.05, 4.69) is 0 Å². The number of rotatable bonds is 6. The Hall–Kier alpha value is -2.21. The Morgan fingerprint density at radius 2 is 1.92 bits per heavy atom. The van der Waals surface area contributed by atoms with E-state index in [4.69, 9.17) is 4.84 Å². The van der Waals surface area contributed by atoms with Crippen LogP contribution in [0.15, 0.2) is 24.3 Å². The van der Waals surface area contributed by atoms with E-state index in [0.717, 1.165) is 6.42 Å². The van der Waals surface area contributed by atoms with Crippen molar-refractivity contribution in [2.24, 2.45) is 5.41 Å². The Morgan fingerprint density at radius 3 is 2.48 bits per heavy atom. The molecular formula is C19H26N2O4. The number of nitrogens with zero attached hydrogens (tertiary/aromatic N) is 2. The van der Waals surface area contributed by atoms with E-state index in [-0.39, 0.29) is 11.8 Å². The SMILES string of the molecule is CCCC(C)(CC)C(=O)N1C(=O)C(N(C)OC(C)=O)c2ccccc21. The summed E-state index contributed by atoms with van der Waals surface area (Å²) in [5.41, 5.74) is 0.628. The summed E-state index contributed by atoms with van der Waals surface area (Å²) < 4.78 is 0. The van der Waals surface area contributed by atoms with Crippen molar-refractivity contribution in [3.05, 3.63) is 29.8 Å². The molecule has 25 heavy (non-hydrogen) atoms. The molecule has 0 saturated carbocycles. The van der Waals surface area contributed by atoms with Gasteiger partial charge in [-0.3, -0.25) is 14.4 Å². The van der Waals surface area contributed by atoms with Crippen LogP contribution in [0.1, 0.15) is 58.6 Å². The van der Waals surface area contributed by atoms with Gasteiger partial charge in [0.1, 0.15) is 0 Å². The second kappa shape index (κ2) is 7.35. The fourth-order valence-electron chi connectivity index (χ4n) is 3.37. The number of imide groups is 1. The smallest absolute Gasteiger partial charge is 0.322 e. The number of fused-ring (bicyclic) bond motifs is 1. The molecule has 0 radical (unpaired) electrons. The molecule has 2 unspecified atom stereocenters. The van der Waals surface area contributed by atoms with Crippen LogP contribution in [0, 0.1) is 5.41 Å². The molecule has 2 atom stereocenters. The molecule has 0 aromatic heterocycles. The topological polar surface area (TPSA) is 66.9 Å². The third kappa shape index (κ3) is 3.44. The number of anilines is 1. The fourth-order valence-corrected chi connectivity index (χ4v) is 3.37. The second-order valence-corrected chi connectivity index (χ2v) is 6.73. The maximum atomic E-state index is 13.2. The average molecular weight is 346 g/mol. The Bertz CT molecular complexity index is 688. The summed E-state index contributed by atoms with van der Waals surface area (Å²) >= 11 is 0. The van der Waals surface area contributed by atoms with Gasteiger partial charge in [0.25, 0.3) is 5.91 Å². The van der Waals surface area contributed by atoms with Crippen molar-refractivity contribution in [3.8, 4) is 0 Å². The van der Waals surface area contributed by atoms with Gasteiger partial charge in [-0.05, 0) is 18.9 Å². The zero-order valence-corrected chi connectivity index (χ0v) is 15.5. The summed E-state index contributed by atoms with van der Waals surface area (Å²) in [6.07, 6.45) is 2.21. The molecule has 0 N–H and O–H groups in total. The van der Waals surface area contributed by atoms with Gasteiger partial charge in [-0.25, -0.2) is 4.90 Å². The zero-order valence-electron chi connectivity index (χ0n) is 15.5. The molecule has 1 aromatic carbocycles. The summed E-state index contributed by atoms with van der Waals surface area (Å²) in [5.74, 6) is -1.10. The second-order valence-electron chi connectivity index (χ2n) is 6.73. The summed E-state index contributed by atoms with van der Waals surface area (Å²) in [7, 11) is 1.53. The number of para-hydroxylation sites is 1. The number of likely N-dealkylation sites (N-methyl/N-ethyl adjacent to an activating group) is 1. The largest absolute Gasteiger partial charge is 0.367 e. The number of hydrogen-bond donors (Lipinski definition) is 0. The standard InChI is InChI=1S/C19H26N2O4/c1-6-12-19(4,7-2)18(24)21-15-11-9-8-10-14(15)16(17(21)23)20(5)25-13(3)22/h8-11,16H,6-7,12H2,1-5H3. The Morgan fingerprint density at radius 1 is 1.28 bits per heavy atom. The third-order valence-electron chi connectivity index (χ3n) is 4.86. The quantitative estimate of drug-likeness (QED) is 0.740. The molecule has 0 bridgehead atoms. The van der Waals surface area contributed by atoms with Crippen molar-refractivity contribution in [3.63, 3.8) is 0 Å². The molecule has 2 amide bonds. The van der Waals surface area contributed by atoms with Crippen LogP contribution in [0.25, 0.3) is 0 Å². The summed E-state index contributed by atoms with van der Waals surface area (Å²) in [4.78, 5) is 43.9. The van der Waals surface area contributed by atoms with Gasteiger partial charge in [0.15, 0.2) is 6.04 Å². The molecule has 1 heterocycles. The first-order valence-electron chi connectivity index (χ1n) is 8.65. The highest BCUT2D eigenvalue weighted by Gasteiger charge is 2.47. The summed E-state index contributed by atoms with van der Waals surface area (Å²) in [5, 5.41) is 1.22. The minimum atomic E-state index is -0.813. The highest BCUT2D eigenvalue weighted by molar-refractivity contribution is 6.22. The number of carbonyl (C=O) groups is 3. The van der Waals surface area contributed by atoms with Crippen molar-refractivity contribution < 1.29 is 19.2 Å². The van der Waals surface area contributed by atoms with E-state index in [1.807, 2.05) is 20.8 Å². The lowest BCUT2D eigenvalue weighted by atomic mass is 9.81. The molecule has 1 aromatic rings. The molecule has 0 spiro atoms. The number of carbonyl (C=O) groups excluding carboxylic acids is 3. The first kappa shape index (κ1) is 19.1. The summed E-state index contributed by atoms with van der Waals surface area (Å²) in [6, 6.07) is 6.33. The zero-order chi connectivity index (χ0) is 18.8. The monoisotopic (exact) mass is 346 g/mol.